The van der Waals surface area contributed by atoms with Crippen molar-refractivity contribution in [2.45, 2.75) is 45.4 Å². The fourth-order valence-corrected chi connectivity index (χ4v) is 2.36. The molecule has 0 saturated heterocycles. The van der Waals surface area contributed by atoms with Gasteiger partial charge in [0.25, 0.3) is 0 Å². The summed E-state index contributed by atoms with van der Waals surface area (Å²) < 4.78 is 1.31. The van der Waals surface area contributed by atoms with E-state index in [-0.39, 0.29) is 5.69 Å². The number of rotatable bonds is 6. The van der Waals surface area contributed by atoms with E-state index in [4.69, 9.17) is 0 Å². The first-order valence-corrected chi connectivity index (χ1v) is 7.10. The van der Waals surface area contributed by atoms with Crippen LogP contribution in [0, 0.1) is 0 Å². The fourth-order valence-electron chi connectivity index (χ4n) is 2.36. The first-order chi connectivity index (χ1) is 9.79. The molecule has 0 aliphatic carbocycles. The number of aromatic nitrogens is 6. The zero-order chi connectivity index (χ0) is 13.9. The van der Waals surface area contributed by atoms with Crippen molar-refractivity contribution in [1.29, 1.82) is 0 Å². The summed E-state index contributed by atoms with van der Waals surface area (Å²) in [5.41, 5.74) is 1.48. The van der Waals surface area contributed by atoms with Crippen LogP contribution in [0.25, 0.3) is 16.8 Å². The minimum atomic E-state index is -0.302. The van der Waals surface area contributed by atoms with Crippen molar-refractivity contribution < 1.29 is 0 Å². The molecule has 7 nitrogen and oxygen atoms in total. The monoisotopic (exact) mass is 274 g/mol. The van der Waals surface area contributed by atoms with E-state index in [0.717, 1.165) is 12.8 Å². The number of nitrogens with zero attached hydrogens (tertiary/aromatic N) is 4. The third-order valence-electron chi connectivity index (χ3n) is 3.44. The lowest BCUT2D eigenvalue weighted by atomic mass is 10.1. The second-order valence-electron chi connectivity index (χ2n) is 4.98. The smallest absolute Gasteiger partial charge is 0.340 e. The summed E-state index contributed by atoms with van der Waals surface area (Å²) in [5, 5.41) is 4.27. The van der Waals surface area contributed by atoms with Gasteiger partial charge in [-0.25, -0.2) is 14.8 Å². The van der Waals surface area contributed by atoms with Crippen LogP contribution < -0.4 is 5.69 Å². The number of imidazole rings is 1. The highest BCUT2D eigenvalue weighted by molar-refractivity contribution is 5.84. The van der Waals surface area contributed by atoms with Crippen molar-refractivity contribution in [2.24, 2.45) is 0 Å². The molecule has 0 bridgehead atoms. The quantitative estimate of drug-likeness (QED) is 0.670. The van der Waals surface area contributed by atoms with Crippen LogP contribution in [-0.4, -0.2) is 29.5 Å². The van der Waals surface area contributed by atoms with Gasteiger partial charge in [-0.05, 0) is 6.42 Å². The SMILES string of the molecule is CCCCCCCc1nc2c3[nH]cnc3[nH]c(=O)n2n1. The van der Waals surface area contributed by atoms with Crippen LogP contribution in [0.15, 0.2) is 11.1 Å². The van der Waals surface area contributed by atoms with Gasteiger partial charge in [-0.15, -0.1) is 5.10 Å². The van der Waals surface area contributed by atoms with Gasteiger partial charge in [0.2, 0.25) is 0 Å². The molecule has 106 valence electrons. The molecular weight excluding hydrogens is 256 g/mol. The number of unbranched alkanes of at least 4 members (excludes halogenated alkanes) is 4. The number of H-pyrrole nitrogens is 2. The van der Waals surface area contributed by atoms with Crippen molar-refractivity contribution in [3.8, 4) is 0 Å². The Labute approximate surface area is 115 Å². The highest BCUT2D eigenvalue weighted by Crippen LogP contribution is 2.11. The summed E-state index contributed by atoms with van der Waals surface area (Å²) in [4.78, 5) is 26.0. The van der Waals surface area contributed by atoms with E-state index in [0.29, 0.717) is 22.6 Å². The Bertz CT molecular complexity index is 768. The normalized spacial score (nSPS) is 11.7. The van der Waals surface area contributed by atoms with Gasteiger partial charge in [0.15, 0.2) is 17.1 Å². The summed E-state index contributed by atoms with van der Waals surface area (Å²) in [6.45, 7) is 2.20. The summed E-state index contributed by atoms with van der Waals surface area (Å²) in [6.07, 6.45) is 8.34. The molecule has 20 heavy (non-hydrogen) atoms. The lowest BCUT2D eigenvalue weighted by molar-refractivity contribution is 0.621. The Balaban J connectivity index is 1.83. The maximum atomic E-state index is 11.9. The van der Waals surface area contributed by atoms with Gasteiger partial charge in [-0.3, -0.25) is 4.98 Å². The molecule has 3 aromatic rings. The average Bonchev–Trinajstić information content (AvgIpc) is 3.04. The van der Waals surface area contributed by atoms with E-state index in [2.05, 4.69) is 32.0 Å². The Hall–Kier alpha value is -2.18. The van der Waals surface area contributed by atoms with Crippen LogP contribution >= 0.6 is 0 Å². The van der Waals surface area contributed by atoms with Gasteiger partial charge in [0, 0.05) is 6.42 Å². The molecule has 0 amide bonds. The van der Waals surface area contributed by atoms with Crippen LogP contribution in [0.5, 0.6) is 0 Å². The predicted octanol–water partition coefficient (Wildman–Crippen LogP) is 1.81. The zero-order valence-electron chi connectivity index (χ0n) is 11.5. The first-order valence-electron chi connectivity index (χ1n) is 7.10. The first kappa shape index (κ1) is 12.8. The minimum absolute atomic E-state index is 0.302. The van der Waals surface area contributed by atoms with Gasteiger partial charge in [-0.1, -0.05) is 32.6 Å². The predicted molar refractivity (Wildman–Crippen MR) is 75.7 cm³/mol. The second kappa shape index (κ2) is 5.44. The zero-order valence-corrected chi connectivity index (χ0v) is 11.5. The second-order valence-corrected chi connectivity index (χ2v) is 4.98. The number of fused-ring (bicyclic) bond motifs is 3. The van der Waals surface area contributed by atoms with E-state index in [1.165, 1.54) is 30.2 Å². The van der Waals surface area contributed by atoms with Crippen LogP contribution in [0.3, 0.4) is 0 Å². The third kappa shape index (κ3) is 2.31. The standard InChI is InChI=1S/C13H18N6O/c1-2-3-4-5-6-7-9-16-12-10-11(15-8-14-10)17-13(20)19(12)18-9/h8H,2-7H2,1H3,(H,14,15)(H,17,20). The summed E-state index contributed by atoms with van der Waals surface area (Å²) >= 11 is 0. The Morgan fingerprint density at radius 2 is 2.10 bits per heavy atom. The summed E-state index contributed by atoms with van der Waals surface area (Å²) in [7, 11) is 0. The molecule has 3 aromatic heterocycles. The molecular formula is C13H18N6O. The molecule has 0 spiro atoms. The number of hydrogen-bond donors (Lipinski definition) is 2. The molecule has 0 fully saturated rings. The number of hydrogen-bond acceptors (Lipinski definition) is 4. The molecule has 7 heteroatoms. The number of nitrogens with one attached hydrogen (secondary N) is 2. The van der Waals surface area contributed by atoms with Gasteiger partial charge in [0.1, 0.15) is 5.52 Å². The molecule has 0 aromatic carbocycles. The van der Waals surface area contributed by atoms with Crippen LogP contribution in [0.4, 0.5) is 0 Å². The Morgan fingerprint density at radius 1 is 1.25 bits per heavy atom. The van der Waals surface area contributed by atoms with Crippen molar-refractivity contribution in [1.82, 2.24) is 29.5 Å². The van der Waals surface area contributed by atoms with Crippen LogP contribution in [0.2, 0.25) is 0 Å². The maximum absolute atomic E-state index is 11.9. The van der Waals surface area contributed by atoms with Gasteiger partial charge < -0.3 is 4.98 Å². The number of aromatic amines is 2. The molecule has 3 rings (SSSR count). The molecule has 0 aliphatic heterocycles. The van der Waals surface area contributed by atoms with Gasteiger partial charge in [-0.2, -0.15) is 4.52 Å². The highest BCUT2D eigenvalue weighted by atomic mass is 16.1. The number of aryl methyl sites for hydroxylation is 1. The van der Waals surface area contributed by atoms with Crippen molar-refractivity contribution in [2.75, 3.05) is 0 Å². The molecule has 2 N–H and O–H groups in total. The lowest BCUT2D eigenvalue weighted by Crippen LogP contribution is -2.17. The molecule has 3 heterocycles. The molecule has 0 atom stereocenters. The van der Waals surface area contributed by atoms with Gasteiger partial charge >= 0.3 is 5.69 Å². The molecule has 0 aliphatic rings. The van der Waals surface area contributed by atoms with Crippen LogP contribution in [-0.2, 0) is 6.42 Å². The molecule has 0 saturated carbocycles. The lowest BCUT2D eigenvalue weighted by Gasteiger charge is -1.96. The molecule has 0 unspecified atom stereocenters. The van der Waals surface area contributed by atoms with Crippen molar-refractivity contribution in [3.05, 3.63) is 22.6 Å². The Morgan fingerprint density at radius 3 is 2.95 bits per heavy atom. The van der Waals surface area contributed by atoms with E-state index in [9.17, 15) is 4.79 Å². The maximum Gasteiger partial charge on any atom is 0.349 e. The van der Waals surface area contributed by atoms with Crippen molar-refractivity contribution >= 4 is 16.8 Å². The van der Waals surface area contributed by atoms with E-state index >= 15 is 0 Å². The average molecular weight is 274 g/mol. The third-order valence-corrected chi connectivity index (χ3v) is 3.44. The van der Waals surface area contributed by atoms with E-state index in [1.54, 1.807) is 6.33 Å². The topological polar surface area (TPSA) is 91.7 Å². The highest BCUT2D eigenvalue weighted by Gasteiger charge is 2.11. The largest absolute Gasteiger partial charge is 0.349 e. The minimum Gasteiger partial charge on any atom is -0.340 e. The van der Waals surface area contributed by atoms with Crippen molar-refractivity contribution in [3.63, 3.8) is 0 Å². The fraction of sp³-hybridized carbons (Fsp3) is 0.538. The van der Waals surface area contributed by atoms with E-state index < -0.39 is 0 Å². The van der Waals surface area contributed by atoms with Gasteiger partial charge in [0.05, 0.1) is 6.33 Å². The Kier molecular flexibility index (Phi) is 3.49. The summed E-state index contributed by atoms with van der Waals surface area (Å²) in [6, 6.07) is 0. The van der Waals surface area contributed by atoms with Crippen LogP contribution in [0.1, 0.15) is 44.9 Å². The van der Waals surface area contributed by atoms with E-state index in [1.807, 2.05) is 0 Å². The molecule has 0 radical (unpaired) electrons. The summed E-state index contributed by atoms with van der Waals surface area (Å²) in [5.74, 6) is 0.717.